The van der Waals surface area contributed by atoms with E-state index >= 15 is 0 Å². The fourth-order valence-corrected chi connectivity index (χ4v) is 6.84. The summed E-state index contributed by atoms with van der Waals surface area (Å²) in [7, 11) is 0. The molecule has 0 atom stereocenters. The highest BCUT2D eigenvalue weighted by atomic mass is 16.5. The summed E-state index contributed by atoms with van der Waals surface area (Å²) in [5, 5.41) is 1.88. The van der Waals surface area contributed by atoms with Gasteiger partial charge in [0.05, 0.1) is 23.1 Å². The SMILES string of the molecule is CCCCOC(=O)c1ccccc1-c1c2cc(/C(C)=C\C(C)C)/c(=N/CC)cc-2oc2cc3c(cc12)C(C)=CC(C)(C)N3CC. The van der Waals surface area contributed by atoms with Crippen LogP contribution in [0.25, 0.3) is 44.6 Å². The van der Waals surface area contributed by atoms with Crippen LogP contribution < -0.4 is 10.3 Å². The Balaban J connectivity index is 1.93. The first kappa shape index (κ1) is 32.3. The van der Waals surface area contributed by atoms with Crippen molar-refractivity contribution < 1.29 is 13.9 Å². The number of likely N-dealkylation sites (N-methyl/N-ethyl adjacent to an activating group) is 1. The molecule has 2 heterocycles. The van der Waals surface area contributed by atoms with E-state index in [9.17, 15) is 4.79 Å². The standard InChI is InChI=1S/C40H48N2O3/c1-10-13-18-44-39(43)29-17-15-14-16-28(29)38-32-20-30(26(6)19-25(4)5)34(41-11-2)22-36(32)45-37-23-35-31(21-33(37)38)27(7)24-40(8,9)42(35)12-3/h14-17,19-25H,10-13,18H2,1-9H3/b26-19-,41-34+. The maximum Gasteiger partial charge on any atom is 0.338 e. The second-order valence-corrected chi connectivity index (χ2v) is 13.0. The van der Waals surface area contributed by atoms with Crippen LogP contribution in [0.5, 0.6) is 0 Å². The molecule has 3 aliphatic rings. The van der Waals surface area contributed by atoms with Crippen LogP contribution in [0.15, 0.2) is 70.1 Å². The Labute approximate surface area is 268 Å². The highest BCUT2D eigenvalue weighted by molar-refractivity contribution is 6.09. The number of anilines is 1. The Bertz CT molecular complexity index is 1840. The summed E-state index contributed by atoms with van der Waals surface area (Å²) < 4.78 is 12.6. The van der Waals surface area contributed by atoms with E-state index in [2.05, 4.69) is 104 Å². The molecule has 0 saturated carbocycles. The van der Waals surface area contributed by atoms with Gasteiger partial charge >= 0.3 is 5.97 Å². The molecule has 0 spiro atoms. The van der Waals surface area contributed by atoms with Crippen LogP contribution in [-0.2, 0) is 4.74 Å². The van der Waals surface area contributed by atoms with Gasteiger partial charge in [-0.05, 0) is 88.8 Å². The molecular formula is C40H48N2O3. The summed E-state index contributed by atoms with van der Waals surface area (Å²) in [5.41, 5.74) is 9.77. The molecule has 2 aromatic rings. The lowest BCUT2D eigenvalue weighted by Crippen LogP contribution is -2.44. The molecule has 1 aliphatic carbocycles. The number of carbonyl (C=O) groups is 1. The van der Waals surface area contributed by atoms with Crippen molar-refractivity contribution in [1.29, 1.82) is 0 Å². The second-order valence-electron chi connectivity index (χ2n) is 13.0. The van der Waals surface area contributed by atoms with Gasteiger partial charge in [-0.2, -0.15) is 0 Å². The lowest BCUT2D eigenvalue weighted by atomic mass is 9.85. The van der Waals surface area contributed by atoms with Crippen molar-refractivity contribution in [2.75, 3.05) is 24.6 Å². The van der Waals surface area contributed by atoms with E-state index < -0.39 is 0 Å². The van der Waals surface area contributed by atoms with Crippen molar-refractivity contribution >= 4 is 33.8 Å². The van der Waals surface area contributed by atoms with E-state index in [1.807, 2.05) is 24.3 Å². The van der Waals surface area contributed by atoms with E-state index in [-0.39, 0.29) is 11.5 Å². The van der Waals surface area contributed by atoms with Crippen LogP contribution in [-0.4, -0.2) is 31.2 Å². The van der Waals surface area contributed by atoms with Crippen LogP contribution in [0.2, 0.25) is 0 Å². The Hall–Kier alpha value is -4.12. The van der Waals surface area contributed by atoms with Gasteiger partial charge in [-0.25, -0.2) is 4.79 Å². The quantitative estimate of drug-likeness (QED) is 0.108. The van der Waals surface area contributed by atoms with E-state index in [0.29, 0.717) is 24.6 Å². The van der Waals surface area contributed by atoms with Gasteiger partial charge in [0.25, 0.3) is 0 Å². The third-order valence-corrected chi connectivity index (χ3v) is 8.74. The molecule has 5 heteroatoms. The Morgan fingerprint density at radius 1 is 1.02 bits per heavy atom. The fourth-order valence-electron chi connectivity index (χ4n) is 6.84. The van der Waals surface area contributed by atoms with Gasteiger partial charge in [-0.1, -0.05) is 57.5 Å². The average molecular weight is 605 g/mol. The Morgan fingerprint density at radius 2 is 1.78 bits per heavy atom. The molecule has 2 aliphatic heterocycles. The maximum atomic E-state index is 13.6. The van der Waals surface area contributed by atoms with E-state index in [1.54, 1.807) is 0 Å². The summed E-state index contributed by atoms with van der Waals surface area (Å²) in [5.74, 6) is 0.828. The Kier molecular flexibility index (Phi) is 9.38. The largest absolute Gasteiger partial charge is 0.462 e. The van der Waals surface area contributed by atoms with Gasteiger partial charge in [0.1, 0.15) is 11.3 Å². The summed E-state index contributed by atoms with van der Waals surface area (Å²) in [6, 6.07) is 16.5. The van der Waals surface area contributed by atoms with Crippen LogP contribution in [0, 0.1) is 5.92 Å². The van der Waals surface area contributed by atoms with Gasteiger partial charge in [0.15, 0.2) is 0 Å². The number of unbranched alkanes of at least 4 members (excludes halogenated alkanes) is 1. The molecule has 0 aromatic heterocycles. The number of benzene rings is 3. The summed E-state index contributed by atoms with van der Waals surface area (Å²) in [6.07, 6.45) is 6.42. The van der Waals surface area contributed by atoms with Crippen molar-refractivity contribution in [2.45, 2.75) is 80.7 Å². The third-order valence-electron chi connectivity index (χ3n) is 8.74. The first-order chi connectivity index (χ1) is 21.5. The molecule has 0 amide bonds. The van der Waals surface area contributed by atoms with Crippen LogP contribution in [0.1, 0.15) is 96.6 Å². The summed E-state index contributed by atoms with van der Waals surface area (Å²) in [6.45, 7) is 21.5. The normalized spacial score (nSPS) is 15.2. The van der Waals surface area contributed by atoms with E-state index in [0.717, 1.165) is 69.4 Å². The minimum absolute atomic E-state index is 0.129. The van der Waals surface area contributed by atoms with E-state index in [1.165, 1.54) is 16.7 Å². The van der Waals surface area contributed by atoms with Crippen LogP contribution in [0.4, 0.5) is 5.69 Å². The summed E-state index contributed by atoms with van der Waals surface area (Å²) in [4.78, 5) is 20.9. The first-order valence-corrected chi connectivity index (χ1v) is 16.5. The monoisotopic (exact) mass is 604 g/mol. The minimum Gasteiger partial charge on any atom is -0.462 e. The molecule has 0 bridgehead atoms. The van der Waals surface area contributed by atoms with Gasteiger partial charge in [-0.15, -0.1) is 0 Å². The molecule has 0 N–H and O–H groups in total. The molecule has 236 valence electrons. The maximum absolute atomic E-state index is 13.6. The number of fused-ring (bicyclic) bond motifs is 3. The number of nitrogens with zero attached hydrogens (tertiary/aromatic N) is 2. The number of rotatable bonds is 9. The molecule has 0 radical (unpaired) electrons. The number of allylic oxidation sites excluding steroid dienone is 3. The number of carbonyl (C=O) groups excluding carboxylic acids is 1. The molecule has 0 fully saturated rings. The van der Waals surface area contributed by atoms with Crippen molar-refractivity contribution in [3.8, 4) is 22.5 Å². The average Bonchev–Trinajstić information content (AvgIpc) is 2.98. The molecule has 5 nitrogen and oxygen atoms in total. The fraction of sp³-hybridized carbons (Fsp3) is 0.400. The van der Waals surface area contributed by atoms with Gasteiger partial charge in [0, 0.05) is 58.5 Å². The van der Waals surface area contributed by atoms with Crippen molar-refractivity contribution in [2.24, 2.45) is 10.9 Å². The van der Waals surface area contributed by atoms with Crippen molar-refractivity contribution in [3.63, 3.8) is 0 Å². The number of ether oxygens (including phenoxy) is 1. The van der Waals surface area contributed by atoms with Gasteiger partial charge < -0.3 is 14.1 Å². The van der Waals surface area contributed by atoms with Crippen molar-refractivity contribution in [1.82, 2.24) is 0 Å². The molecule has 45 heavy (non-hydrogen) atoms. The number of hydrogen-bond acceptors (Lipinski definition) is 5. The topological polar surface area (TPSA) is 55.0 Å². The smallest absolute Gasteiger partial charge is 0.338 e. The number of hydrogen-bond donors (Lipinski definition) is 0. The number of esters is 1. The molecule has 0 unspecified atom stereocenters. The van der Waals surface area contributed by atoms with E-state index in [4.69, 9.17) is 14.1 Å². The Morgan fingerprint density at radius 3 is 2.47 bits per heavy atom. The zero-order valence-corrected chi connectivity index (χ0v) is 28.5. The zero-order valence-electron chi connectivity index (χ0n) is 28.5. The predicted molar refractivity (Wildman–Crippen MR) is 189 cm³/mol. The highest BCUT2D eigenvalue weighted by Crippen LogP contribution is 2.47. The highest BCUT2D eigenvalue weighted by Gasteiger charge is 2.32. The third kappa shape index (κ3) is 6.22. The van der Waals surface area contributed by atoms with Crippen molar-refractivity contribution in [3.05, 3.63) is 82.7 Å². The summed E-state index contributed by atoms with van der Waals surface area (Å²) >= 11 is 0. The zero-order chi connectivity index (χ0) is 32.5. The van der Waals surface area contributed by atoms with Gasteiger partial charge in [-0.3, -0.25) is 4.99 Å². The van der Waals surface area contributed by atoms with Crippen LogP contribution in [0.3, 0.4) is 0 Å². The molecular weight excluding hydrogens is 556 g/mol. The molecule has 2 aromatic carbocycles. The molecule has 5 rings (SSSR count). The first-order valence-electron chi connectivity index (χ1n) is 16.5. The van der Waals surface area contributed by atoms with Gasteiger partial charge in [0.2, 0.25) is 0 Å². The van der Waals surface area contributed by atoms with Crippen LogP contribution >= 0.6 is 0 Å². The lowest BCUT2D eigenvalue weighted by molar-refractivity contribution is 0.0500. The molecule has 0 saturated heterocycles. The second kappa shape index (κ2) is 13.1. The minimum atomic E-state index is -0.303. The lowest BCUT2D eigenvalue weighted by Gasteiger charge is -2.43. The predicted octanol–water partition coefficient (Wildman–Crippen LogP) is 10.2.